The van der Waals surface area contributed by atoms with Crippen LogP contribution in [0.15, 0.2) is 42.6 Å². The lowest BCUT2D eigenvalue weighted by atomic mass is 10.2. The zero-order valence-corrected chi connectivity index (χ0v) is 16.2. The van der Waals surface area contributed by atoms with Crippen LogP contribution in [-0.2, 0) is 16.1 Å². The maximum absolute atomic E-state index is 14.1. The highest BCUT2D eigenvalue weighted by atomic mass is 19.1. The number of aromatic nitrogens is 5. The molecule has 1 amide bonds. The molecule has 11 heteroatoms. The molecule has 3 N–H and O–H groups in total. The number of benzene rings is 1. The fourth-order valence-electron chi connectivity index (χ4n) is 3.10. The standard InChI is InChI=1S/C20H16FN7O3/c1-11-15(25-20(30)31-10-29)17(22)26-18(24-11)16-13-6-4-8-23-19(13)28(27-16)9-12-5-2-3-7-14(12)21/h2-8,10H,9H2,1H3,(H,25,30)(H2,22,24,26). The minimum absolute atomic E-state index is 0.00255. The van der Waals surface area contributed by atoms with Crippen molar-refractivity contribution in [1.29, 1.82) is 0 Å². The van der Waals surface area contributed by atoms with Crippen molar-refractivity contribution in [2.45, 2.75) is 13.5 Å². The Labute approximate surface area is 174 Å². The quantitative estimate of drug-likeness (QED) is 0.370. The van der Waals surface area contributed by atoms with E-state index < -0.39 is 6.09 Å². The third-order valence-electron chi connectivity index (χ3n) is 4.50. The van der Waals surface area contributed by atoms with E-state index in [0.717, 1.165) is 0 Å². The molecule has 4 aromatic rings. The number of nitrogen functional groups attached to an aromatic ring is 1. The van der Waals surface area contributed by atoms with E-state index in [2.05, 4.69) is 30.1 Å². The van der Waals surface area contributed by atoms with E-state index in [1.807, 2.05) is 0 Å². The van der Waals surface area contributed by atoms with Gasteiger partial charge in [-0.2, -0.15) is 5.10 Å². The number of nitrogens with zero attached hydrogens (tertiary/aromatic N) is 5. The summed E-state index contributed by atoms with van der Waals surface area (Å²) >= 11 is 0. The zero-order valence-electron chi connectivity index (χ0n) is 16.2. The van der Waals surface area contributed by atoms with Gasteiger partial charge < -0.3 is 10.5 Å². The van der Waals surface area contributed by atoms with Gasteiger partial charge >= 0.3 is 12.6 Å². The lowest BCUT2D eigenvalue weighted by molar-refractivity contribution is -0.122. The third-order valence-corrected chi connectivity index (χ3v) is 4.50. The van der Waals surface area contributed by atoms with Crippen molar-refractivity contribution >= 4 is 35.1 Å². The first kappa shape index (κ1) is 19.9. The zero-order chi connectivity index (χ0) is 22.0. The van der Waals surface area contributed by atoms with Crippen LogP contribution in [0.1, 0.15) is 11.3 Å². The Balaban J connectivity index is 1.77. The van der Waals surface area contributed by atoms with Crippen molar-refractivity contribution in [2.24, 2.45) is 0 Å². The van der Waals surface area contributed by atoms with Crippen molar-refractivity contribution in [3.05, 3.63) is 59.7 Å². The average molecular weight is 421 g/mol. The number of amides is 1. The maximum Gasteiger partial charge on any atom is 0.419 e. The first-order chi connectivity index (χ1) is 15.0. The summed E-state index contributed by atoms with van der Waals surface area (Å²) < 4.78 is 19.9. The second-order valence-corrected chi connectivity index (χ2v) is 6.49. The van der Waals surface area contributed by atoms with Crippen LogP contribution in [0.2, 0.25) is 0 Å². The number of hydrogen-bond acceptors (Lipinski definition) is 8. The second-order valence-electron chi connectivity index (χ2n) is 6.49. The van der Waals surface area contributed by atoms with E-state index in [4.69, 9.17) is 5.73 Å². The number of nitrogens with two attached hydrogens (primary N) is 1. The van der Waals surface area contributed by atoms with E-state index in [1.165, 1.54) is 6.07 Å². The molecule has 0 bridgehead atoms. The van der Waals surface area contributed by atoms with Crippen molar-refractivity contribution < 1.29 is 18.7 Å². The fourth-order valence-corrected chi connectivity index (χ4v) is 3.10. The van der Waals surface area contributed by atoms with E-state index in [9.17, 15) is 14.0 Å². The van der Waals surface area contributed by atoms with E-state index in [0.29, 0.717) is 28.0 Å². The summed E-state index contributed by atoms with van der Waals surface area (Å²) in [6.07, 6.45) is 0.600. The number of anilines is 2. The number of carbonyl (C=O) groups is 2. The minimum Gasteiger partial charge on any atom is -0.382 e. The van der Waals surface area contributed by atoms with Crippen LogP contribution in [0.3, 0.4) is 0 Å². The van der Waals surface area contributed by atoms with Crippen molar-refractivity contribution in [1.82, 2.24) is 24.7 Å². The molecule has 31 heavy (non-hydrogen) atoms. The summed E-state index contributed by atoms with van der Waals surface area (Å²) in [5.41, 5.74) is 7.82. The molecule has 4 rings (SSSR count). The Hall–Kier alpha value is -4.41. The SMILES string of the molecule is Cc1nc(-c2nn(Cc3ccccc3F)c3ncccc23)nc(N)c1NC(=O)OC=O. The van der Waals surface area contributed by atoms with E-state index >= 15 is 0 Å². The summed E-state index contributed by atoms with van der Waals surface area (Å²) in [5.74, 6) is -0.182. The van der Waals surface area contributed by atoms with Gasteiger partial charge in [0.25, 0.3) is 0 Å². The third kappa shape index (κ3) is 3.88. The largest absolute Gasteiger partial charge is 0.419 e. The summed E-state index contributed by atoms with van der Waals surface area (Å²) in [6, 6.07) is 9.94. The summed E-state index contributed by atoms with van der Waals surface area (Å²) in [5, 5.41) is 7.52. The molecule has 156 valence electrons. The molecule has 0 atom stereocenters. The topological polar surface area (TPSA) is 138 Å². The first-order valence-corrected chi connectivity index (χ1v) is 9.08. The van der Waals surface area contributed by atoms with Crippen molar-refractivity contribution in [2.75, 3.05) is 11.1 Å². The number of pyridine rings is 1. The molecule has 10 nitrogen and oxygen atoms in total. The second kappa shape index (κ2) is 8.14. The Morgan fingerprint density at radius 2 is 2.06 bits per heavy atom. The van der Waals surface area contributed by atoms with Gasteiger partial charge in [0.1, 0.15) is 17.2 Å². The molecule has 0 radical (unpaired) electrons. The number of fused-ring (bicyclic) bond motifs is 1. The molecule has 0 aliphatic rings. The first-order valence-electron chi connectivity index (χ1n) is 9.08. The van der Waals surface area contributed by atoms with Gasteiger partial charge in [-0.1, -0.05) is 18.2 Å². The lowest BCUT2D eigenvalue weighted by Gasteiger charge is -2.10. The highest BCUT2D eigenvalue weighted by Crippen LogP contribution is 2.29. The predicted octanol–water partition coefficient (Wildman–Crippen LogP) is 2.67. The monoisotopic (exact) mass is 421 g/mol. The Kier molecular flexibility index (Phi) is 5.22. The molecule has 0 saturated heterocycles. The summed E-state index contributed by atoms with van der Waals surface area (Å²) in [6.45, 7) is 1.76. The molecule has 0 spiro atoms. The van der Waals surface area contributed by atoms with E-state index in [-0.39, 0.29) is 36.2 Å². The van der Waals surface area contributed by atoms with E-state index in [1.54, 1.807) is 48.1 Å². The molecule has 0 fully saturated rings. The number of nitrogens with one attached hydrogen (secondary N) is 1. The highest BCUT2D eigenvalue weighted by molar-refractivity contribution is 5.93. The van der Waals surface area contributed by atoms with Gasteiger partial charge in [-0.3, -0.25) is 10.1 Å². The predicted molar refractivity (Wildman–Crippen MR) is 109 cm³/mol. The average Bonchev–Trinajstić information content (AvgIpc) is 3.11. The minimum atomic E-state index is -1.01. The van der Waals surface area contributed by atoms with Crippen molar-refractivity contribution in [3.8, 4) is 11.5 Å². The Bertz CT molecular complexity index is 1280. The maximum atomic E-state index is 14.1. The number of aryl methyl sites for hydroxylation is 1. The van der Waals surface area contributed by atoms with Gasteiger partial charge in [0.05, 0.1) is 17.6 Å². The summed E-state index contributed by atoms with van der Waals surface area (Å²) in [7, 11) is 0. The van der Waals surface area contributed by atoms with Crippen LogP contribution in [0.25, 0.3) is 22.6 Å². The smallest absolute Gasteiger partial charge is 0.382 e. The van der Waals surface area contributed by atoms with Gasteiger partial charge in [0.2, 0.25) is 0 Å². The number of halogens is 1. The molecule has 0 unspecified atom stereocenters. The molecule has 3 aromatic heterocycles. The fraction of sp³-hybridized carbons (Fsp3) is 0.100. The van der Waals surface area contributed by atoms with Gasteiger partial charge in [-0.05, 0) is 25.1 Å². The highest BCUT2D eigenvalue weighted by Gasteiger charge is 2.20. The van der Waals surface area contributed by atoms with Gasteiger partial charge in [0.15, 0.2) is 17.3 Å². The molecule has 0 aliphatic heterocycles. The lowest BCUT2D eigenvalue weighted by Crippen LogP contribution is -2.16. The molecule has 0 aliphatic carbocycles. The van der Waals surface area contributed by atoms with Gasteiger partial charge in [0, 0.05) is 11.8 Å². The normalized spacial score (nSPS) is 10.8. The number of ether oxygens (including phenoxy) is 1. The number of rotatable bonds is 5. The Morgan fingerprint density at radius 1 is 1.26 bits per heavy atom. The van der Waals surface area contributed by atoms with Gasteiger partial charge in [-0.25, -0.2) is 28.8 Å². The summed E-state index contributed by atoms with van der Waals surface area (Å²) in [4.78, 5) is 34.8. The van der Waals surface area contributed by atoms with Crippen LogP contribution in [0.4, 0.5) is 20.7 Å². The van der Waals surface area contributed by atoms with Crippen LogP contribution in [0, 0.1) is 12.7 Å². The van der Waals surface area contributed by atoms with Crippen LogP contribution in [0.5, 0.6) is 0 Å². The van der Waals surface area contributed by atoms with Crippen LogP contribution in [-0.4, -0.2) is 37.3 Å². The van der Waals surface area contributed by atoms with Gasteiger partial charge in [-0.15, -0.1) is 0 Å². The molecule has 0 saturated carbocycles. The van der Waals surface area contributed by atoms with Crippen LogP contribution >= 0.6 is 0 Å². The van der Waals surface area contributed by atoms with Crippen LogP contribution < -0.4 is 11.1 Å². The molecule has 1 aromatic carbocycles. The number of hydrogen-bond donors (Lipinski definition) is 2. The molecular formula is C20H16FN7O3. The molecule has 3 heterocycles. The number of carbonyl (C=O) groups excluding carboxylic acids is 2. The van der Waals surface area contributed by atoms with Crippen molar-refractivity contribution in [3.63, 3.8) is 0 Å². The Morgan fingerprint density at radius 3 is 2.81 bits per heavy atom. The molecular weight excluding hydrogens is 405 g/mol.